The molecular weight excluding hydrogens is 232 g/mol. The summed E-state index contributed by atoms with van der Waals surface area (Å²) in [5, 5.41) is 4.29. The van der Waals surface area contributed by atoms with Crippen LogP contribution in [0.2, 0.25) is 0 Å². The summed E-state index contributed by atoms with van der Waals surface area (Å²) in [4.78, 5) is 12.2. The Morgan fingerprint density at radius 2 is 1.94 bits per heavy atom. The van der Waals surface area contributed by atoms with Crippen LogP contribution < -0.4 is 10.5 Å². The highest BCUT2D eigenvalue weighted by atomic mass is 16.5. The molecule has 2 heterocycles. The summed E-state index contributed by atoms with van der Waals surface area (Å²) in [6.45, 7) is 7.61. The van der Waals surface area contributed by atoms with E-state index in [0.29, 0.717) is 5.95 Å². The SMILES string of the molecule is Cc1cc(C)n(-c2nc(N)nc(OC(C)C)n2)n1. The van der Waals surface area contributed by atoms with E-state index in [2.05, 4.69) is 20.1 Å². The molecule has 0 aliphatic rings. The molecule has 7 heteroatoms. The predicted molar refractivity (Wildman–Crippen MR) is 66.6 cm³/mol. The summed E-state index contributed by atoms with van der Waals surface area (Å²) >= 11 is 0. The molecule has 0 amide bonds. The van der Waals surface area contributed by atoms with E-state index in [9.17, 15) is 0 Å². The van der Waals surface area contributed by atoms with Crippen LogP contribution in [0.15, 0.2) is 6.07 Å². The molecule has 0 atom stereocenters. The second-order valence-electron chi connectivity index (χ2n) is 4.28. The number of aryl methyl sites for hydroxylation is 2. The van der Waals surface area contributed by atoms with Gasteiger partial charge in [0.15, 0.2) is 0 Å². The van der Waals surface area contributed by atoms with Gasteiger partial charge >= 0.3 is 6.01 Å². The van der Waals surface area contributed by atoms with Crippen molar-refractivity contribution in [2.75, 3.05) is 5.73 Å². The number of nitrogen functional groups attached to an aromatic ring is 1. The number of hydrogen-bond donors (Lipinski definition) is 1. The Hall–Kier alpha value is -2.18. The molecule has 0 radical (unpaired) electrons. The van der Waals surface area contributed by atoms with Gasteiger partial charge in [0.05, 0.1) is 11.8 Å². The maximum absolute atomic E-state index is 5.65. The Bertz CT molecular complexity index is 563. The van der Waals surface area contributed by atoms with Gasteiger partial charge in [-0.3, -0.25) is 0 Å². The van der Waals surface area contributed by atoms with E-state index in [-0.39, 0.29) is 18.1 Å². The van der Waals surface area contributed by atoms with Crippen LogP contribution >= 0.6 is 0 Å². The lowest BCUT2D eigenvalue weighted by atomic mass is 10.4. The Morgan fingerprint density at radius 1 is 1.22 bits per heavy atom. The van der Waals surface area contributed by atoms with Gasteiger partial charge in [0, 0.05) is 5.69 Å². The Balaban J connectivity index is 2.44. The van der Waals surface area contributed by atoms with E-state index >= 15 is 0 Å². The summed E-state index contributed by atoms with van der Waals surface area (Å²) in [5.74, 6) is 0.479. The Labute approximate surface area is 105 Å². The Kier molecular flexibility index (Phi) is 3.14. The van der Waals surface area contributed by atoms with Gasteiger partial charge in [-0.2, -0.15) is 20.1 Å². The predicted octanol–water partition coefficient (Wildman–Crippen LogP) is 1.04. The highest BCUT2D eigenvalue weighted by molar-refractivity contribution is 5.27. The second kappa shape index (κ2) is 4.59. The first-order chi connectivity index (χ1) is 8.45. The van der Waals surface area contributed by atoms with Crippen LogP contribution in [0.1, 0.15) is 25.2 Å². The first kappa shape index (κ1) is 12.3. The molecule has 7 nitrogen and oxygen atoms in total. The maximum Gasteiger partial charge on any atom is 0.323 e. The van der Waals surface area contributed by atoms with Gasteiger partial charge in [0.25, 0.3) is 5.95 Å². The minimum atomic E-state index is -0.0277. The van der Waals surface area contributed by atoms with Crippen LogP contribution in [-0.4, -0.2) is 30.8 Å². The van der Waals surface area contributed by atoms with Gasteiger partial charge < -0.3 is 10.5 Å². The molecular formula is C11H16N6O. The van der Waals surface area contributed by atoms with Crippen molar-refractivity contribution in [2.24, 2.45) is 0 Å². The van der Waals surface area contributed by atoms with Crippen LogP contribution in [0.4, 0.5) is 5.95 Å². The molecule has 96 valence electrons. The average Bonchev–Trinajstić information content (AvgIpc) is 2.55. The van der Waals surface area contributed by atoms with Crippen LogP contribution in [-0.2, 0) is 0 Å². The van der Waals surface area contributed by atoms with Crippen molar-refractivity contribution in [1.82, 2.24) is 24.7 Å². The van der Waals surface area contributed by atoms with E-state index in [1.807, 2.05) is 33.8 Å². The highest BCUT2D eigenvalue weighted by Gasteiger charge is 2.11. The van der Waals surface area contributed by atoms with Crippen LogP contribution in [0.25, 0.3) is 5.95 Å². The number of ether oxygens (including phenoxy) is 1. The lowest BCUT2D eigenvalue weighted by Gasteiger charge is -2.09. The van der Waals surface area contributed by atoms with Gasteiger partial charge in [-0.25, -0.2) is 4.68 Å². The maximum atomic E-state index is 5.65. The molecule has 0 saturated carbocycles. The third-order valence-corrected chi connectivity index (χ3v) is 2.16. The number of aromatic nitrogens is 5. The fourth-order valence-electron chi connectivity index (χ4n) is 1.55. The van der Waals surface area contributed by atoms with Crippen molar-refractivity contribution < 1.29 is 4.74 Å². The zero-order valence-electron chi connectivity index (χ0n) is 10.9. The van der Waals surface area contributed by atoms with Crippen molar-refractivity contribution >= 4 is 5.95 Å². The van der Waals surface area contributed by atoms with Gasteiger partial charge in [-0.15, -0.1) is 0 Å². The number of rotatable bonds is 3. The third-order valence-electron chi connectivity index (χ3n) is 2.16. The molecule has 0 bridgehead atoms. The minimum Gasteiger partial charge on any atom is -0.461 e. The number of nitrogens with two attached hydrogens (primary N) is 1. The van der Waals surface area contributed by atoms with Crippen LogP contribution in [0.3, 0.4) is 0 Å². The van der Waals surface area contributed by atoms with Crippen molar-refractivity contribution in [3.05, 3.63) is 17.5 Å². The van der Waals surface area contributed by atoms with Crippen LogP contribution in [0, 0.1) is 13.8 Å². The van der Waals surface area contributed by atoms with E-state index in [1.54, 1.807) is 4.68 Å². The largest absolute Gasteiger partial charge is 0.461 e. The lowest BCUT2D eigenvalue weighted by molar-refractivity contribution is 0.221. The summed E-state index contributed by atoms with van der Waals surface area (Å²) in [6, 6.07) is 2.14. The van der Waals surface area contributed by atoms with E-state index < -0.39 is 0 Å². The van der Waals surface area contributed by atoms with Crippen LogP contribution in [0.5, 0.6) is 6.01 Å². The van der Waals surface area contributed by atoms with E-state index in [0.717, 1.165) is 11.4 Å². The number of anilines is 1. The average molecular weight is 248 g/mol. The van der Waals surface area contributed by atoms with Gasteiger partial charge in [0.1, 0.15) is 0 Å². The highest BCUT2D eigenvalue weighted by Crippen LogP contribution is 2.12. The fraction of sp³-hybridized carbons (Fsp3) is 0.455. The monoisotopic (exact) mass is 248 g/mol. The zero-order chi connectivity index (χ0) is 13.3. The molecule has 0 spiro atoms. The van der Waals surface area contributed by atoms with Crippen molar-refractivity contribution in [1.29, 1.82) is 0 Å². The molecule has 0 aliphatic carbocycles. The first-order valence-corrected chi connectivity index (χ1v) is 5.67. The lowest BCUT2D eigenvalue weighted by Crippen LogP contribution is -2.14. The van der Waals surface area contributed by atoms with E-state index in [1.165, 1.54) is 0 Å². The third kappa shape index (κ3) is 2.55. The normalized spacial score (nSPS) is 10.9. The topological polar surface area (TPSA) is 91.7 Å². The molecule has 2 aromatic heterocycles. The molecule has 0 saturated heterocycles. The van der Waals surface area contributed by atoms with Gasteiger partial charge in [-0.1, -0.05) is 0 Å². The molecule has 2 aromatic rings. The molecule has 2 N–H and O–H groups in total. The number of nitrogens with zero attached hydrogens (tertiary/aromatic N) is 5. The molecule has 2 rings (SSSR count). The van der Waals surface area contributed by atoms with Crippen molar-refractivity contribution in [2.45, 2.75) is 33.8 Å². The smallest absolute Gasteiger partial charge is 0.323 e. The number of hydrogen-bond acceptors (Lipinski definition) is 6. The van der Waals surface area contributed by atoms with Crippen molar-refractivity contribution in [3.8, 4) is 12.0 Å². The molecule has 0 aliphatic heterocycles. The van der Waals surface area contributed by atoms with Crippen molar-refractivity contribution in [3.63, 3.8) is 0 Å². The van der Waals surface area contributed by atoms with E-state index in [4.69, 9.17) is 10.5 Å². The van der Waals surface area contributed by atoms with Gasteiger partial charge in [0.2, 0.25) is 5.95 Å². The quantitative estimate of drug-likeness (QED) is 0.872. The minimum absolute atomic E-state index is 0.0277. The Morgan fingerprint density at radius 3 is 2.50 bits per heavy atom. The molecule has 0 unspecified atom stereocenters. The molecule has 0 aromatic carbocycles. The summed E-state index contributed by atoms with van der Waals surface area (Å²) in [6.07, 6.45) is -0.0277. The molecule has 0 fully saturated rings. The summed E-state index contributed by atoms with van der Waals surface area (Å²) < 4.78 is 7.03. The summed E-state index contributed by atoms with van der Waals surface area (Å²) in [7, 11) is 0. The molecule has 18 heavy (non-hydrogen) atoms. The fourth-order valence-corrected chi connectivity index (χ4v) is 1.55. The van der Waals surface area contributed by atoms with Gasteiger partial charge in [-0.05, 0) is 33.8 Å². The zero-order valence-corrected chi connectivity index (χ0v) is 10.9. The first-order valence-electron chi connectivity index (χ1n) is 5.67. The second-order valence-corrected chi connectivity index (χ2v) is 4.28. The standard InChI is InChI=1S/C11H16N6O/c1-6(2)18-11-14-9(12)13-10(15-11)17-8(4)5-7(3)16-17/h5-6H,1-4H3,(H2,12,13,14,15). The summed E-state index contributed by atoms with van der Waals surface area (Å²) in [5.41, 5.74) is 7.46.